The van der Waals surface area contributed by atoms with Gasteiger partial charge in [-0.15, -0.1) is 0 Å². The Bertz CT molecular complexity index is 1090. The fourth-order valence-corrected chi connectivity index (χ4v) is 5.19. The van der Waals surface area contributed by atoms with Gasteiger partial charge in [-0.05, 0) is 43.9 Å². The molecule has 3 rings (SSSR count). The van der Waals surface area contributed by atoms with Gasteiger partial charge in [0.25, 0.3) is 5.91 Å². The smallest absolute Gasteiger partial charge is 0.256 e. The fourth-order valence-electron chi connectivity index (χ4n) is 3.70. The molecule has 164 valence electrons. The summed E-state index contributed by atoms with van der Waals surface area (Å²) in [6.07, 6.45) is 3.16. The molecule has 1 aliphatic heterocycles. The lowest BCUT2D eigenvalue weighted by Gasteiger charge is -2.29. The van der Waals surface area contributed by atoms with E-state index in [9.17, 15) is 18.0 Å². The molecule has 1 amide bonds. The van der Waals surface area contributed by atoms with Gasteiger partial charge in [-0.3, -0.25) is 9.59 Å². The molecule has 1 aliphatic rings. The lowest BCUT2D eigenvalue weighted by molar-refractivity contribution is 0.0935. The maximum absolute atomic E-state index is 13.1. The minimum Gasteiger partial charge on any atom is -0.383 e. The zero-order chi connectivity index (χ0) is 21.9. The van der Waals surface area contributed by atoms with Crippen molar-refractivity contribution >= 4 is 26.8 Å². The number of ether oxygens (including phenoxy) is 1. The van der Waals surface area contributed by atoms with E-state index in [0.29, 0.717) is 37.7 Å². The van der Waals surface area contributed by atoms with E-state index >= 15 is 0 Å². The van der Waals surface area contributed by atoms with Crippen molar-refractivity contribution in [3.05, 3.63) is 40.2 Å². The number of fused-ring (bicyclic) bond motifs is 1. The molecule has 2 aromatic rings. The number of nitrogens with zero attached hydrogens (tertiary/aromatic N) is 2. The molecule has 2 heterocycles. The van der Waals surface area contributed by atoms with Crippen molar-refractivity contribution in [2.45, 2.75) is 38.1 Å². The average molecular weight is 436 g/mol. The Hall–Kier alpha value is -2.23. The van der Waals surface area contributed by atoms with Gasteiger partial charge in [0, 0.05) is 44.9 Å². The highest BCUT2D eigenvalue weighted by Crippen LogP contribution is 2.25. The van der Waals surface area contributed by atoms with Gasteiger partial charge < -0.3 is 14.6 Å². The van der Waals surface area contributed by atoms with Crippen LogP contribution in [-0.4, -0.2) is 56.5 Å². The van der Waals surface area contributed by atoms with Gasteiger partial charge in [-0.1, -0.05) is 6.92 Å². The first kappa shape index (κ1) is 22.5. The second kappa shape index (κ2) is 9.28. The Morgan fingerprint density at radius 1 is 1.27 bits per heavy atom. The summed E-state index contributed by atoms with van der Waals surface area (Å²) in [7, 11) is -2.17. The number of hydrogen-bond acceptors (Lipinski definition) is 5. The molecule has 1 aromatic heterocycles. The summed E-state index contributed by atoms with van der Waals surface area (Å²) < 4.78 is 34.4. The Morgan fingerprint density at radius 3 is 2.60 bits per heavy atom. The van der Waals surface area contributed by atoms with Gasteiger partial charge in [0.2, 0.25) is 15.5 Å². The second-order valence-corrected chi connectivity index (χ2v) is 9.61. The predicted molar refractivity (Wildman–Crippen MR) is 115 cm³/mol. The molecule has 1 aromatic carbocycles. The lowest BCUT2D eigenvalue weighted by Crippen LogP contribution is -2.38. The molecule has 0 unspecified atom stereocenters. The SMILES string of the molecule is CCn1cc(C(=O)NCCOC)c(=O)c2cc(S(=O)(=O)N3CCC(C)CC3)ccc21. The first-order valence-electron chi connectivity index (χ1n) is 10.2. The highest BCUT2D eigenvalue weighted by molar-refractivity contribution is 7.89. The zero-order valence-corrected chi connectivity index (χ0v) is 18.5. The summed E-state index contributed by atoms with van der Waals surface area (Å²) in [5.74, 6) is 0.00316. The molecule has 0 aliphatic carbocycles. The lowest BCUT2D eigenvalue weighted by atomic mass is 10.0. The van der Waals surface area contributed by atoms with Crippen molar-refractivity contribution in [3.8, 4) is 0 Å². The number of hydrogen-bond donors (Lipinski definition) is 1. The molecule has 0 spiro atoms. The van der Waals surface area contributed by atoms with E-state index in [0.717, 1.165) is 12.8 Å². The highest BCUT2D eigenvalue weighted by atomic mass is 32.2. The number of carbonyl (C=O) groups excluding carboxylic acids is 1. The van der Waals surface area contributed by atoms with Crippen LogP contribution in [0.1, 0.15) is 37.0 Å². The number of methoxy groups -OCH3 is 1. The summed E-state index contributed by atoms with van der Waals surface area (Å²) in [4.78, 5) is 25.6. The van der Waals surface area contributed by atoms with Gasteiger partial charge in [-0.2, -0.15) is 4.31 Å². The molecule has 8 nitrogen and oxygen atoms in total. The Labute approximate surface area is 176 Å². The second-order valence-electron chi connectivity index (χ2n) is 7.67. The van der Waals surface area contributed by atoms with Crippen LogP contribution in [0.15, 0.2) is 34.1 Å². The number of amides is 1. The Morgan fingerprint density at radius 2 is 1.97 bits per heavy atom. The standard InChI is InChI=1S/C21H29N3O5S/c1-4-23-14-18(21(26)22-9-12-29-3)20(25)17-13-16(5-6-19(17)23)30(27,28)24-10-7-15(2)8-11-24/h5-6,13-15H,4,7-12H2,1-3H3,(H,22,26). The summed E-state index contributed by atoms with van der Waals surface area (Å²) in [6, 6.07) is 4.59. The third-order valence-electron chi connectivity index (χ3n) is 5.61. The van der Waals surface area contributed by atoms with Gasteiger partial charge in [0.05, 0.1) is 17.0 Å². The quantitative estimate of drug-likeness (QED) is 0.669. The van der Waals surface area contributed by atoms with Crippen molar-refractivity contribution in [1.29, 1.82) is 0 Å². The van der Waals surface area contributed by atoms with Crippen LogP contribution in [0, 0.1) is 5.92 Å². The van der Waals surface area contributed by atoms with Crippen LogP contribution < -0.4 is 10.7 Å². The average Bonchev–Trinajstić information content (AvgIpc) is 2.74. The maximum atomic E-state index is 13.1. The molecule has 1 N–H and O–H groups in total. The summed E-state index contributed by atoms with van der Waals surface area (Å²) in [6.45, 7) is 6.11. The molecular weight excluding hydrogens is 406 g/mol. The van der Waals surface area contributed by atoms with Crippen molar-refractivity contribution in [1.82, 2.24) is 14.2 Å². The number of piperidine rings is 1. The Kier molecular flexibility index (Phi) is 6.95. The van der Waals surface area contributed by atoms with E-state index in [2.05, 4.69) is 12.2 Å². The minimum atomic E-state index is -3.70. The largest absolute Gasteiger partial charge is 0.383 e. The van der Waals surface area contributed by atoms with Gasteiger partial charge in [0.1, 0.15) is 5.56 Å². The van der Waals surface area contributed by atoms with Gasteiger partial charge in [0.15, 0.2) is 0 Å². The summed E-state index contributed by atoms with van der Waals surface area (Å²) >= 11 is 0. The fraction of sp³-hybridized carbons (Fsp3) is 0.524. The van der Waals surface area contributed by atoms with Crippen LogP contribution >= 0.6 is 0 Å². The minimum absolute atomic E-state index is 0.0122. The normalized spacial score (nSPS) is 16.1. The van der Waals surface area contributed by atoms with Gasteiger partial charge in [-0.25, -0.2) is 8.42 Å². The number of aromatic nitrogens is 1. The van der Waals surface area contributed by atoms with E-state index in [1.807, 2.05) is 6.92 Å². The van der Waals surface area contributed by atoms with Crippen molar-refractivity contribution < 1.29 is 17.9 Å². The first-order chi connectivity index (χ1) is 14.3. The van der Waals surface area contributed by atoms with E-state index in [-0.39, 0.29) is 22.4 Å². The monoisotopic (exact) mass is 435 g/mol. The van der Waals surface area contributed by atoms with Crippen LogP contribution in [0.4, 0.5) is 0 Å². The van der Waals surface area contributed by atoms with Crippen LogP contribution in [0.5, 0.6) is 0 Å². The predicted octanol–water partition coefficient (Wildman–Crippen LogP) is 1.82. The van der Waals surface area contributed by atoms with Crippen molar-refractivity contribution in [2.75, 3.05) is 33.4 Å². The number of carbonyl (C=O) groups is 1. The van der Waals surface area contributed by atoms with Crippen LogP contribution in [-0.2, 0) is 21.3 Å². The number of benzene rings is 1. The zero-order valence-electron chi connectivity index (χ0n) is 17.7. The van der Waals surface area contributed by atoms with Crippen LogP contribution in [0.25, 0.3) is 10.9 Å². The van der Waals surface area contributed by atoms with E-state index < -0.39 is 21.4 Å². The number of sulfonamides is 1. The number of rotatable bonds is 7. The van der Waals surface area contributed by atoms with Crippen molar-refractivity contribution in [3.63, 3.8) is 0 Å². The maximum Gasteiger partial charge on any atom is 0.256 e. The molecule has 30 heavy (non-hydrogen) atoms. The van der Waals surface area contributed by atoms with Crippen molar-refractivity contribution in [2.24, 2.45) is 5.92 Å². The molecule has 0 radical (unpaired) electrons. The number of pyridine rings is 1. The van der Waals surface area contributed by atoms with E-state index in [1.165, 1.54) is 23.7 Å². The molecule has 0 saturated carbocycles. The Balaban J connectivity index is 2.05. The molecule has 0 atom stereocenters. The topological polar surface area (TPSA) is 97.7 Å². The number of nitrogens with one attached hydrogen (secondary N) is 1. The van der Waals surface area contributed by atoms with Crippen LogP contribution in [0.3, 0.4) is 0 Å². The molecule has 0 bridgehead atoms. The first-order valence-corrected chi connectivity index (χ1v) is 11.7. The van der Waals surface area contributed by atoms with E-state index in [4.69, 9.17) is 4.74 Å². The summed E-state index contributed by atoms with van der Waals surface area (Å²) in [5.41, 5.74) is 0.109. The third-order valence-corrected chi connectivity index (χ3v) is 7.50. The molecular formula is C21H29N3O5S. The van der Waals surface area contributed by atoms with E-state index in [1.54, 1.807) is 16.7 Å². The van der Waals surface area contributed by atoms with Crippen LogP contribution in [0.2, 0.25) is 0 Å². The molecule has 9 heteroatoms. The molecule has 1 fully saturated rings. The molecule has 1 saturated heterocycles. The van der Waals surface area contributed by atoms with Gasteiger partial charge >= 0.3 is 0 Å². The number of aryl methyl sites for hydroxylation is 1. The summed E-state index contributed by atoms with van der Waals surface area (Å²) in [5, 5.41) is 2.88. The highest BCUT2D eigenvalue weighted by Gasteiger charge is 2.28. The third kappa shape index (κ3) is 4.43.